The molecule has 0 aliphatic heterocycles. The second kappa shape index (κ2) is 10.3. The van der Waals surface area contributed by atoms with Crippen molar-refractivity contribution in [3.05, 3.63) is 155 Å². The lowest BCUT2D eigenvalue weighted by atomic mass is 9.67. The molecule has 5 aromatic rings. The number of hydrogen-bond donors (Lipinski definition) is 0. The molecule has 0 saturated carbocycles. The molecular formula is C38H29F6N. The van der Waals surface area contributed by atoms with Gasteiger partial charge in [0, 0.05) is 12.0 Å². The van der Waals surface area contributed by atoms with Gasteiger partial charge in [0.2, 0.25) is 0 Å². The van der Waals surface area contributed by atoms with E-state index in [9.17, 15) is 26.3 Å². The van der Waals surface area contributed by atoms with E-state index in [1.807, 2.05) is 85.8 Å². The van der Waals surface area contributed by atoms with Crippen molar-refractivity contribution in [1.82, 2.24) is 4.90 Å². The smallest absolute Gasteiger partial charge is 0.155 e. The summed E-state index contributed by atoms with van der Waals surface area (Å²) in [7, 11) is 0. The van der Waals surface area contributed by atoms with Gasteiger partial charge in [0.05, 0.1) is 5.41 Å². The van der Waals surface area contributed by atoms with Crippen LogP contribution in [0.1, 0.15) is 53.1 Å². The first kappa shape index (κ1) is 29.4. The maximum Gasteiger partial charge on any atom is 0.467 e. The highest BCUT2D eigenvalue weighted by molar-refractivity contribution is 5.92. The Hall–Kier alpha value is -4.36. The molecule has 5 aromatic carbocycles. The average Bonchev–Trinajstić information content (AvgIpc) is 3.47. The van der Waals surface area contributed by atoms with Crippen molar-refractivity contribution < 1.29 is 26.3 Å². The van der Waals surface area contributed by atoms with Crippen molar-refractivity contribution >= 4 is 0 Å². The maximum atomic E-state index is 13.7. The third-order valence-electron chi connectivity index (χ3n) is 9.82. The van der Waals surface area contributed by atoms with Gasteiger partial charge in [-0.2, -0.15) is 26.3 Å². The fraction of sp³-hybridized carbons (Fsp3) is 0.211. The van der Waals surface area contributed by atoms with Gasteiger partial charge in [0.25, 0.3) is 0 Å². The molecule has 0 heterocycles. The second-order valence-electron chi connectivity index (χ2n) is 11.8. The predicted octanol–water partition coefficient (Wildman–Crippen LogP) is 10.5. The number of nitrogens with zero attached hydrogens (tertiary/aromatic N) is 1. The Morgan fingerprint density at radius 2 is 0.956 bits per heavy atom. The SMILES string of the molecule is CCC1(CCN(C(F)(F)F)C(F)(F)F)c2ccccc2-c2cc3c(cc21)-c1ccccc1C3(c1ccccc1)c1ccccc1. The first-order valence-electron chi connectivity index (χ1n) is 14.9. The van der Waals surface area contributed by atoms with Gasteiger partial charge in [-0.15, -0.1) is 4.90 Å². The Bertz CT molecular complexity index is 1820. The van der Waals surface area contributed by atoms with E-state index >= 15 is 0 Å². The van der Waals surface area contributed by atoms with Gasteiger partial charge in [-0.25, -0.2) is 0 Å². The highest BCUT2D eigenvalue weighted by atomic mass is 19.4. The van der Waals surface area contributed by atoms with Crippen LogP contribution in [0.2, 0.25) is 0 Å². The highest BCUT2D eigenvalue weighted by Crippen LogP contribution is 2.61. The van der Waals surface area contributed by atoms with E-state index in [0.29, 0.717) is 6.42 Å². The molecule has 1 nitrogen and oxygen atoms in total. The van der Waals surface area contributed by atoms with Gasteiger partial charge in [-0.05, 0) is 80.6 Å². The van der Waals surface area contributed by atoms with Gasteiger partial charge in [-0.1, -0.05) is 116 Å². The largest absolute Gasteiger partial charge is 0.467 e. The third-order valence-corrected chi connectivity index (χ3v) is 9.82. The molecule has 0 radical (unpaired) electrons. The second-order valence-corrected chi connectivity index (χ2v) is 11.8. The topological polar surface area (TPSA) is 3.24 Å². The molecular weight excluding hydrogens is 584 g/mol. The Morgan fingerprint density at radius 1 is 0.511 bits per heavy atom. The van der Waals surface area contributed by atoms with E-state index < -0.39 is 34.9 Å². The Labute approximate surface area is 257 Å². The van der Waals surface area contributed by atoms with Crippen molar-refractivity contribution in [3.8, 4) is 22.3 Å². The lowest BCUT2D eigenvalue weighted by molar-refractivity contribution is -0.373. The van der Waals surface area contributed by atoms with Crippen molar-refractivity contribution in [1.29, 1.82) is 0 Å². The number of halogens is 6. The van der Waals surface area contributed by atoms with E-state index in [2.05, 4.69) is 42.5 Å². The molecule has 2 aliphatic rings. The van der Waals surface area contributed by atoms with Crippen LogP contribution in [-0.2, 0) is 10.8 Å². The molecule has 1 unspecified atom stereocenters. The molecule has 7 heteroatoms. The van der Waals surface area contributed by atoms with E-state index in [0.717, 1.165) is 55.6 Å². The zero-order chi connectivity index (χ0) is 31.6. The standard InChI is InChI=1S/C38H29F6N/c1-2-35(21-22-45(37(39,40)41)38(42,43)44)31-19-11-9-17-27(31)29-24-34-30(23-33(29)35)28-18-10-12-20-32(28)36(34,25-13-5-3-6-14-25)26-15-7-4-8-16-26/h3-20,23-24H,2,21-22H2,1H3. The Balaban J connectivity index is 1.51. The van der Waals surface area contributed by atoms with E-state index in [1.165, 1.54) is 0 Å². The number of rotatable bonds is 6. The Kier molecular flexibility index (Phi) is 6.75. The molecule has 2 aliphatic carbocycles. The first-order valence-corrected chi connectivity index (χ1v) is 14.9. The molecule has 0 N–H and O–H groups in total. The number of hydrogen-bond acceptors (Lipinski definition) is 1. The van der Waals surface area contributed by atoms with Crippen molar-refractivity contribution in [2.75, 3.05) is 6.54 Å². The van der Waals surface area contributed by atoms with Crippen molar-refractivity contribution in [2.45, 2.75) is 43.2 Å². The molecule has 7 rings (SSSR count). The summed E-state index contributed by atoms with van der Waals surface area (Å²) in [6.45, 7) is 0.636. The van der Waals surface area contributed by atoms with Crippen LogP contribution in [0.25, 0.3) is 22.3 Å². The quantitative estimate of drug-likeness (QED) is 0.133. The van der Waals surface area contributed by atoms with Crippen LogP contribution in [0, 0.1) is 0 Å². The highest BCUT2D eigenvalue weighted by Gasteiger charge is 2.55. The minimum Gasteiger partial charge on any atom is -0.155 e. The van der Waals surface area contributed by atoms with Gasteiger partial charge in [-0.3, -0.25) is 0 Å². The zero-order valence-electron chi connectivity index (χ0n) is 24.4. The summed E-state index contributed by atoms with van der Waals surface area (Å²) in [4.78, 5) is -1.30. The molecule has 0 spiro atoms. The van der Waals surface area contributed by atoms with Crippen molar-refractivity contribution in [3.63, 3.8) is 0 Å². The maximum absolute atomic E-state index is 13.7. The van der Waals surface area contributed by atoms with Crippen LogP contribution in [0.3, 0.4) is 0 Å². The van der Waals surface area contributed by atoms with Gasteiger partial charge in [0.1, 0.15) is 0 Å². The monoisotopic (exact) mass is 613 g/mol. The van der Waals surface area contributed by atoms with Crippen LogP contribution in [0.5, 0.6) is 0 Å². The van der Waals surface area contributed by atoms with Crippen LogP contribution in [0.15, 0.2) is 121 Å². The summed E-state index contributed by atoms with van der Waals surface area (Å²) >= 11 is 0. The minimum atomic E-state index is -5.55. The van der Waals surface area contributed by atoms with Gasteiger partial charge < -0.3 is 0 Å². The summed E-state index contributed by atoms with van der Waals surface area (Å²) in [5.41, 5.74) is 7.68. The lowest BCUT2D eigenvalue weighted by Gasteiger charge is -2.36. The molecule has 45 heavy (non-hydrogen) atoms. The Morgan fingerprint density at radius 3 is 1.49 bits per heavy atom. The third kappa shape index (κ3) is 4.27. The molecule has 0 bridgehead atoms. The molecule has 0 amide bonds. The number of fused-ring (bicyclic) bond motifs is 6. The van der Waals surface area contributed by atoms with Crippen LogP contribution in [0.4, 0.5) is 26.3 Å². The molecule has 228 valence electrons. The molecule has 0 aromatic heterocycles. The fourth-order valence-corrected chi connectivity index (χ4v) is 7.91. The molecule has 0 fully saturated rings. The summed E-state index contributed by atoms with van der Waals surface area (Å²) in [6, 6.07) is 40.2. The molecule has 1 atom stereocenters. The van der Waals surface area contributed by atoms with Gasteiger partial charge >= 0.3 is 12.6 Å². The predicted molar refractivity (Wildman–Crippen MR) is 164 cm³/mol. The number of benzene rings is 5. The van der Waals surface area contributed by atoms with E-state index in [-0.39, 0.29) is 6.42 Å². The summed E-state index contributed by atoms with van der Waals surface area (Å²) in [6.07, 6.45) is -11.1. The summed E-state index contributed by atoms with van der Waals surface area (Å²) in [5, 5.41) is 0. The van der Waals surface area contributed by atoms with Crippen LogP contribution >= 0.6 is 0 Å². The van der Waals surface area contributed by atoms with Crippen LogP contribution in [-0.4, -0.2) is 24.0 Å². The van der Waals surface area contributed by atoms with Gasteiger partial charge in [0.15, 0.2) is 0 Å². The number of alkyl halides is 6. The van der Waals surface area contributed by atoms with Crippen molar-refractivity contribution in [2.24, 2.45) is 0 Å². The zero-order valence-corrected chi connectivity index (χ0v) is 24.4. The molecule has 0 saturated heterocycles. The van der Waals surface area contributed by atoms with Crippen LogP contribution < -0.4 is 0 Å². The van der Waals surface area contributed by atoms with E-state index in [4.69, 9.17) is 0 Å². The minimum absolute atomic E-state index is 0.337. The lowest BCUT2D eigenvalue weighted by Crippen LogP contribution is -2.49. The summed E-state index contributed by atoms with van der Waals surface area (Å²) in [5.74, 6) is 0. The van der Waals surface area contributed by atoms with E-state index in [1.54, 1.807) is 0 Å². The first-order chi connectivity index (χ1) is 21.5. The normalized spacial score (nSPS) is 18.0. The fourth-order valence-electron chi connectivity index (χ4n) is 7.91. The average molecular weight is 614 g/mol. The summed E-state index contributed by atoms with van der Waals surface area (Å²) < 4.78 is 82.0.